The van der Waals surface area contributed by atoms with Gasteiger partial charge in [-0.3, -0.25) is 9.59 Å². The van der Waals surface area contributed by atoms with E-state index in [0.717, 1.165) is 11.1 Å². The lowest BCUT2D eigenvalue weighted by Crippen LogP contribution is -2.20. The summed E-state index contributed by atoms with van der Waals surface area (Å²) in [6.45, 7) is 5.77. The summed E-state index contributed by atoms with van der Waals surface area (Å²) in [5.41, 5.74) is 2.47. The molecule has 2 aromatic carbocycles. The summed E-state index contributed by atoms with van der Waals surface area (Å²) in [5.74, 6) is -2.03. The number of amides is 2. The Hall–Kier alpha value is -3.48. The maximum Gasteiger partial charge on any atom is 0.353 e. The number of aromatic hydroxyl groups is 1. The van der Waals surface area contributed by atoms with Crippen LogP contribution in [0.2, 0.25) is 0 Å². The molecule has 0 fully saturated rings. The Balaban J connectivity index is 1.85. The van der Waals surface area contributed by atoms with Crippen molar-refractivity contribution in [2.75, 3.05) is 5.32 Å². The normalized spacial score (nSPS) is 11.4. The van der Waals surface area contributed by atoms with Gasteiger partial charge in [0, 0.05) is 17.1 Å². The van der Waals surface area contributed by atoms with Crippen molar-refractivity contribution in [3.63, 3.8) is 0 Å². The summed E-state index contributed by atoms with van der Waals surface area (Å²) in [4.78, 5) is 24.0. The second-order valence-electron chi connectivity index (χ2n) is 6.48. The Labute approximate surface area is 156 Å². The van der Waals surface area contributed by atoms with Crippen LogP contribution in [0, 0.1) is 6.92 Å². The Kier molecular flexibility index (Phi) is 5.03. The quantitative estimate of drug-likeness (QED) is 0.529. The minimum Gasteiger partial charge on any atom is -0.493 e. The molecule has 0 saturated carbocycles. The zero-order valence-electron chi connectivity index (χ0n) is 15.3. The van der Waals surface area contributed by atoms with Crippen LogP contribution < -0.4 is 5.32 Å². The molecular formula is C20H20N4O3. The van der Waals surface area contributed by atoms with Crippen LogP contribution in [0.5, 0.6) is 5.88 Å². The number of hydrogen-bond acceptors (Lipinski definition) is 4. The first-order valence-corrected chi connectivity index (χ1v) is 8.54. The molecule has 3 aromatic rings. The van der Waals surface area contributed by atoms with Gasteiger partial charge in [0.05, 0.1) is 5.52 Å². The van der Waals surface area contributed by atoms with E-state index >= 15 is 0 Å². The van der Waals surface area contributed by atoms with Crippen LogP contribution in [0.3, 0.4) is 0 Å². The molecule has 0 spiro atoms. The van der Waals surface area contributed by atoms with Gasteiger partial charge in [0.1, 0.15) is 0 Å². The van der Waals surface area contributed by atoms with E-state index in [1.165, 1.54) is 0 Å². The predicted molar refractivity (Wildman–Crippen MR) is 103 cm³/mol. The fourth-order valence-electron chi connectivity index (χ4n) is 2.82. The van der Waals surface area contributed by atoms with Gasteiger partial charge < -0.3 is 15.0 Å². The van der Waals surface area contributed by atoms with E-state index in [9.17, 15) is 14.7 Å². The van der Waals surface area contributed by atoms with Crippen LogP contribution in [0.1, 0.15) is 25.5 Å². The molecule has 0 aliphatic rings. The van der Waals surface area contributed by atoms with Crippen molar-refractivity contribution in [3.8, 4) is 5.88 Å². The molecule has 0 atom stereocenters. The number of carbonyl (C=O) groups excluding carboxylic acids is 2. The Morgan fingerprint density at radius 2 is 1.74 bits per heavy atom. The lowest BCUT2D eigenvalue weighted by atomic mass is 10.2. The van der Waals surface area contributed by atoms with Gasteiger partial charge in [-0.05, 0) is 39.0 Å². The minimum atomic E-state index is -1.05. The molecule has 3 rings (SSSR count). The van der Waals surface area contributed by atoms with E-state index in [1.54, 1.807) is 28.8 Å². The Bertz CT molecular complexity index is 1030. The van der Waals surface area contributed by atoms with Gasteiger partial charge in [-0.2, -0.15) is 0 Å². The van der Waals surface area contributed by atoms with E-state index in [4.69, 9.17) is 0 Å². The van der Waals surface area contributed by atoms with E-state index in [0.29, 0.717) is 11.1 Å². The maximum absolute atomic E-state index is 12.0. The molecule has 138 valence electrons. The van der Waals surface area contributed by atoms with Crippen LogP contribution in [-0.2, 0) is 9.59 Å². The predicted octanol–water partition coefficient (Wildman–Crippen LogP) is 4.49. The molecule has 7 nitrogen and oxygen atoms in total. The monoisotopic (exact) mass is 364 g/mol. The highest BCUT2D eigenvalue weighted by Crippen LogP contribution is 2.40. The second-order valence-corrected chi connectivity index (χ2v) is 6.48. The zero-order chi connectivity index (χ0) is 19.6. The SMILES string of the molecule is Cc1ccc(NC(=O)C(=O)N=Nc2c(O)n(C(C)C)c3ccccc23)cc1. The van der Waals surface area contributed by atoms with Crippen LogP contribution in [0.25, 0.3) is 10.9 Å². The standard InChI is InChI=1S/C20H20N4O3/c1-12(2)24-16-7-5-4-6-15(16)17(20(24)27)22-23-19(26)18(25)21-14-10-8-13(3)9-11-14/h4-12,27H,1-3H3,(H,21,25). The number of nitrogens with one attached hydrogen (secondary N) is 1. The Morgan fingerprint density at radius 3 is 2.41 bits per heavy atom. The smallest absolute Gasteiger partial charge is 0.353 e. The molecule has 0 aliphatic heterocycles. The summed E-state index contributed by atoms with van der Waals surface area (Å²) in [5, 5.41) is 21.0. The van der Waals surface area contributed by atoms with Crippen molar-refractivity contribution in [1.29, 1.82) is 0 Å². The van der Waals surface area contributed by atoms with Gasteiger partial charge in [0.25, 0.3) is 0 Å². The van der Waals surface area contributed by atoms with E-state index < -0.39 is 11.8 Å². The van der Waals surface area contributed by atoms with Crippen LogP contribution >= 0.6 is 0 Å². The topological polar surface area (TPSA) is 96.1 Å². The number of rotatable bonds is 3. The van der Waals surface area contributed by atoms with Crippen molar-refractivity contribution in [1.82, 2.24) is 4.57 Å². The van der Waals surface area contributed by atoms with Gasteiger partial charge in [-0.1, -0.05) is 35.9 Å². The molecule has 1 aromatic heterocycles. The third kappa shape index (κ3) is 3.72. The van der Waals surface area contributed by atoms with Crippen molar-refractivity contribution < 1.29 is 14.7 Å². The minimum absolute atomic E-state index is 0.0145. The summed E-state index contributed by atoms with van der Waals surface area (Å²) in [7, 11) is 0. The van der Waals surface area contributed by atoms with E-state index in [2.05, 4.69) is 15.5 Å². The molecule has 0 unspecified atom stereocenters. The molecule has 0 radical (unpaired) electrons. The third-order valence-electron chi connectivity index (χ3n) is 4.12. The molecular weight excluding hydrogens is 344 g/mol. The van der Waals surface area contributed by atoms with E-state index in [-0.39, 0.29) is 17.6 Å². The summed E-state index contributed by atoms with van der Waals surface area (Å²) in [6, 6.07) is 14.3. The largest absolute Gasteiger partial charge is 0.493 e. The average molecular weight is 364 g/mol. The first kappa shape index (κ1) is 18.3. The lowest BCUT2D eigenvalue weighted by molar-refractivity contribution is -0.134. The van der Waals surface area contributed by atoms with Crippen molar-refractivity contribution in [3.05, 3.63) is 54.1 Å². The summed E-state index contributed by atoms with van der Waals surface area (Å²) < 4.78 is 1.69. The van der Waals surface area contributed by atoms with E-state index in [1.807, 2.05) is 45.0 Å². The number of aromatic nitrogens is 1. The van der Waals surface area contributed by atoms with Crippen LogP contribution in [0.4, 0.5) is 11.4 Å². The highest BCUT2D eigenvalue weighted by atomic mass is 16.3. The molecule has 2 amide bonds. The van der Waals surface area contributed by atoms with Crippen molar-refractivity contribution in [2.24, 2.45) is 10.2 Å². The Morgan fingerprint density at radius 1 is 1.07 bits per heavy atom. The number of fused-ring (bicyclic) bond motifs is 1. The molecule has 0 saturated heterocycles. The zero-order valence-corrected chi connectivity index (χ0v) is 15.3. The number of carbonyl (C=O) groups is 2. The fourth-order valence-corrected chi connectivity index (χ4v) is 2.82. The van der Waals surface area contributed by atoms with Gasteiger partial charge >= 0.3 is 11.8 Å². The second kappa shape index (κ2) is 7.41. The van der Waals surface area contributed by atoms with Crippen LogP contribution in [0.15, 0.2) is 58.8 Å². The number of hydrogen-bond donors (Lipinski definition) is 2. The molecule has 7 heteroatoms. The number of para-hydroxylation sites is 1. The molecule has 0 bridgehead atoms. The van der Waals surface area contributed by atoms with Crippen LogP contribution in [-0.4, -0.2) is 21.5 Å². The fraction of sp³-hybridized carbons (Fsp3) is 0.200. The first-order valence-electron chi connectivity index (χ1n) is 8.54. The maximum atomic E-state index is 12.0. The first-order chi connectivity index (χ1) is 12.9. The highest BCUT2D eigenvalue weighted by molar-refractivity contribution is 6.40. The van der Waals surface area contributed by atoms with Crippen molar-refractivity contribution >= 4 is 34.1 Å². The van der Waals surface area contributed by atoms with Gasteiger partial charge in [0.15, 0.2) is 5.69 Å². The molecule has 27 heavy (non-hydrogen) atoms. The number of aryl methyl sites for hydroxylation is 1. The van der Waals surface area contributed by atoms with Gasteiger partial charge in [-0.15, -0.1) is 10.2 Å². The number of nitrogens with zero attached hydrogens (tertiary/aromatic N) is 3. The number of anilines is 1. The van der Waals surface area contributed by atoms with Gasteiger partial charge in [-0.25, -0.2) is 0 Å². The lowest BCUT2D eigenvalue weighted by Gasteiger charge is -2.10. The number of azo groups is 1. The third-order valence-corrected chi connectivity index (χ3v) is 4.12. The van der Waals surface area contributed by atoms with Crippen molar-refractivity contribution in [2.45, 2.75) is 26.8 Å². The molecule has 1 heterocycles. The molecule has 2 N–H and O–H groups in total. The number of benzene rings is 2. The summed E-state index contributed by atoms with van der Waals surface area (Å²) >= 11 is 0. The molecule has 0 aliphatic carbocycles. The highest BCUT2D eigenvalue weighted by Gasteiger charge is 2.19. The summed E-state index contributed by atoms with van der Waals surface area (Å²) in [6.07, 6.45) is 0. The van der Waals surface area contributed by atoms with Gasteiger partial charge in [0.2, 0.25) is 5.88 Å². The average Bonchev–Trinajstić information content (AvgIpc) is 2.93.